The molecular weight excluding hydrogens is 435 g/mol. The van der Waals surface area contributed by atoms with Crippen molar-refractivity contribution in [3.63, 3.8) is 0 Å². The van der Waals surface area contributed by atoms with E-state index in [1.54, 1.807) is 0 Å². The van der Waals surface area contributed by atoms with Gasteiger partial charge in [0.2, 0.25) is 5.89 Å². The third kappa shape index (κ3) is 4.15. The van der Waals surface area contributed by atoms with Crippen LogP contribution in [0, 0.1) is 0 Å². The number of alkyl halides is 3. The molecular formula is C16H12F3N3O5S2. The molecule has 1 atom stereocenters. The third-order valence-corrected chi connectivity index (χ3v) is 6.63. The second-order valence-electron chi connectivity index (χ2n) is 5.63. The van der Waals surface area contributed by atoms with Gasteiger partial charge in [0.05, 0.1) is 21.8 Å². The molecule has 2 aromatic heterocycles. The molecule has 13 heteroatoms. The average Bonchev–Trinajstić information content (AvgIpc) is 3.10. The first-order chi connectivity index (χ1) is 13.6. The van der Waals surface area contributed by atoms with E-state index in [1.165, 1.54) is 19.2 Å². The van der Waals surface area contributed by atoms with Gasteiger partial charge in [-0.2, -0.15) is 13.2 Å². The van der Waals surface area contributed by atoms with Gasteiger partial charge in [-0.3, -0.25) is 0 Å². The van der Waals surface area contributed by atoms with E-state index in [9.17, 15) is 25.8 Å². The minimum Gasteiger partial charge on any atom is -0.435 e. The summed E-state index contributed by atoms with van der Waals surface area (Å²) in [7, 11) is -7.05. The smallest absolute Gasteiger partial charge is 0.435 e. The Balaban J connectivity index is 2.17. The van der Waals surface area contributed by atoms with Crippen molar-refractivity contribution < 1.29 is 35.4 Å². The number of oxazole rings is 1. The molecule has 0 fully saturated rings. The van der Waals surface area contributed by atoms with Gasteiger partial charge in [-0.15, -0.1) is 0 Å². The van der Waals surface area contributed by atoms with Crippen LogP contribution in [0.1, 0.15) is 12.5 Å². The van der Waals surface area contributed by atoms with Gasteiger partial charge in [0.15, 0.2) is 26.2 Å². The zero-order valence-electron chi connectivity index (χ0n) is 14.5. The summed E-state index contributed by atoms with van der Waals surface area (Å²) in [6.45, 7) is 1.41. The number of rotatable bonds is 5. The number of halogens is 3. The molecule has 0 aliphatic rings. The van der Waals surface area contributed by atoms with Crippen molar-refractivity contribution >= 4 is 38.0 Å². The van der Waals surface area contributed by atoms with Crippen LogP contribution < -0.4 is 0 Å². The lowest BCUT2D eigenvalue weighted by molar-refractivity contribution is -0.0384. The van der Waals surface area contributed by atoms with E-state index in [4.69, 9.17) is 9.62 Å². The van der Waals surface area contributed by atoms with Crippen LogP contribution in [0.4, 0.5) is 13.2 Å². The van der Waals surface area contributed by atoms with E-state index in [1.807, 2.05) is 0 Å². The minimum absolute atomic E-state index is 0.0438. The Morgan fingerprint density at radius 3 is 2.66 bits per heavy atom. The van der Waals surface area contributed by atoms with E-state index in [0.717, 1.165) is 24.4 Å². The molecule has 154 valence electrons. The van der Waals surface area contributed by atoms with E-state index in [2.05, 4.69) is 15.1 Å². The zero-order chi connectivity index (χ0) is 21.4. The molecule has 3 rings (SSSR count). The highest BCUT2D eigenvalue weighted by Crippen LogP contribution is 2.32. The summed E-state index contributed by atoms with van der Waals surface area (Å²) < 4.78 is 79.9. The Hall–Kier alpha value is -2.80. The van der Waals surface area contributed by atoms with Gasteiger partial charge in [0.1, 0.15) is 11.2 Å². The lowest BCUT2D eigenvalue weighted by atomic mass is 10.2. The molecule has 1 aromatic carbocycles. The summed E-state index contributed by atoms with van der Waals surface area (Å²) in [5, 5.41) is 11.5. The van der Waals surface area contributed by atoms with Crippen LogP contribution in [0.15, 0.2) is 49.8 Å². The van der Waals surface area contributed by atoms with Crippen molar-refractivity contribution in [3.8, 4) is 11.6 Å². The van der Waals surface area contributed by atoms with Gasteiger partial charge in [-0.25, -0.2) is 22.6 Å². The maximum Gasteiger partial charge on any atom is 0.475 e. The van der Waals surface area contributed by atoms with Gasteiger partial charge >= 0.3 is 5.51 Å². The van der Waals surface area contributed by atoms with E-state index < -0.39 is 31.0 Å². The number of fused-ring (bicyclic) bond motifs is 1. The molecule has 0 saturated heterocycles. The van der Waals surface area contributed by atoms with Crippen LogP contribution in [-0.2, 0) is 20.6 Å². The van der Waals surface area contributed by atoms with Crippen molar-refractivity contribution in [1.82, 2.24) is 9.97 Å². The van der Waals surface area contributed by atoms with Gasteiger partial charge in [0, 0.05) is 11.8 Å². The van der Waals surface area contributed by atoms with Gasteiger partial charge in [-0.05, 0) is 24.3 Å². The van der Waals surface area contributed by atoms with Gasteiger partial charge in [0.25, 0.3) is 0 Å². The van der Waals surface area contributed by atoms with E-state index in [-0.39, 0.29) is 38.9 Å². The summed E-state index contributed by atoms with van der Waals surface area (Å²) >= 11 is 0. The van der Waals surface area contributed by atoms with Crippen LogP contribution >= 0.6 is 0 Å². The molecule has 1 unspecified atom stereocenters. The highest BCUT2D eigenvalue weighted by molar-refractivity contribution is 7.91. The van der Waals surface area contributed by atoms with Crippen LogP contribution in [0.25, 0.3) is 22.7 Å². The number of nitrogens with zero attached hydrogens (tertiary/aromatic N) is 3. The standard InChI is InChI=1S/C16H12F3N3O5S2/c1-2-29(25,26)13-5-9(8-21-23)7-20-14(13)15-22-11-6-10(3-4-12(11)27-15)28(24)16(17,18)19/h3-8,23H,2H2,1H3. The third-order valence-electron chi connectivity index (χ3n) is 3.78. The molecule has 29 heavy (non-hydrogen) atoms. The summed E-state index contributed by atoms with van der Waals surface area (Å²) in [5.41, 5.74) is -4.88. The average molecular weight is 447 g/mol. The number of oxime groups is 1. The molecule has 3 aromatic rings. The molecule has 0 aliphatic carbocycles. The van der Waals surface area contributed by atoms with Gasteiger partial charge < -0.3 is 9.62 Å². The number of aromatic nitrogens is 2. The fourth-order valence-corrected chi connectivity index (χ4v) is 4.15. The summed E-state index contributed by atoms with van der Waals surface area (Å²) in [6.07, 6.45) is 2.19. The van der Waals surface area contributed by atoms with Gasteiger partial charge in [-0.1, -0.05) is 12.1 Å². The van der Waals surface area contributed by atoms with E-state index >= 15 is 0 Å². The molecule has 1 N–H and O–H groups in total. The number of benzene rings is 1. The van der Waals surface area contributed by atoms with Crippen molar-refractivity contribution in [2.45, 2.75) is 22.2 Å². The fourth-order valence-electron chi connectivity index (χ4n) is 2.41. The van der Waals surface area contributed by atoms with Crippen LogP contribution in [0.5, 0.6) is 0 Å². The molecule has 0 amide bonds. The molecule has 0 bridgehead atoms. The highest BCUT2D eigenvalue weighted by Gasteiger charge is 2.38. The maximum atomic E-state index is 12.7. The minimum atomic E-state index is -4.94. The van der Waals surface area contributed by atoms with Crippen molar-refractivity contribution in [2.75, 3.05) is 5.75 Å². The molecule has 0 spiro atoms. The Labute approximate surface area is 164 Å². The Bertz CT molecular complexity index is 1240. The number of hydrogen-bond donors (Lipinski definition) is 1. The second-order valence-corrected chi connectivity index (χ2v) is 9.34. The van der Waals surface area contributed by atoms with Crippen LogP contribution in [0.2, 0.25) is 0 Å². The highest BCUT2D eigenvalue weighted by atomic mass is 32.2. The predicted octanol–water partition coefficient (Wildman–Crippen LogP) is 3.12. The second kappa shape index (κ2) is 7.55. The predicted molar refractivity (Wildman–Crippen MR) is 96.8 cm³/mol. The quantitative estimate of drug-likeness (QED) is 0.362. The first-order valence-electron chi connectivity index (χ1n) is 7.86. The van der Waals surface area contributed by atoms with Crippen LogP contribution in [0.3, 0.4) is 0 Å². The Morgan fingerprint density at radius 2 is 2.03 bits per heavy atom. The molecule has 2 heterocycles. The van der Waals surface area contributed by atoms with E-state index in [0.29, 0.717) is 0 Å². The molecule has 0 aliphatic heterocycles. The van der Waals surface area contributed by atoms with Crippen molar-refractivity contribution in [1.29, 1.82) is 0 Å². The zero-order valence-corrected chi connectivity index (χ0v) is 16.2. The summed E-state index contributed by atoms with van der Waals surface area (Å²) in [5.74, 6) is -0.509. The topological polar surface area (TPSA) is 123 Å². The summed E-state index contributed by atoms with van der Waals surface area (Å²) in [6, 6.07) is 4.30. The number of hydrogen-bond acceptors (Lipinski definition) is 8. The molecule has 0 saturated carbocycles. The van der Waals surface area contributed by atoms with Crippen molar-refractivity contribution in [3.05, 3.63) is 36.0 Å². The monoisotopic (exact) mass is 447 g/mol. The summed E-state index contributed by atoms with van der Waals surface area (Å²) in [4.78, 5) is 7.24. The largest absolute Gasteiger partial charge is 0.475 e. The number of pyridine rings is 1. The first-order valence-corrected chi connectivity index (χ1v) is 10.7. The SMILES string of the molecule is CCS(=O)(=O)c1cc(C=NO)cnc1-c1nc2cc(S(=O)C(F)(F)F)ccc2o1. The Morgan fingerprint density at radius 1 is 1.31 bits per heavy atom. The normalized spacial score (nSPS) is 13.9. The first kappa shape index (κ1) is 20.9. The Kier molecular flexibility index (Phi) is 5.45. The molecule has 0 radical (unpaired) electrons. The fraction of sp³-hybridized carbons (Fsp3) is 0.188. The number of sulfone groups is 1. The lowest BCUT2D eigenvalue weighted by Crippen LogP contribution is -2.16. The maximum absolute atomic E-state index is 12.7. The molecule has 8 nitrogen and oxygen atoms in total. The lowest BCUT2D eigenvalue weighted by Gasteiger charge is -2.06. The van der Waals surface area contributed by atoms with Crippen molar-refractivity contribution in [2.24, 2.45) is 5.16 Å². The van der Waals surface area contributed by atoms with Crippen LogP contribution in [-0.4, -0.2) is 45.3 Å².